The Morgan fingerprint density at radius 2 is 1.69 bits per heavy atom. The normalized spacial score (nSPS) is 15.3. The van der Waals surface area contributed by atoms with Crippen molar-refractivity contribution in [1.29, 1.82) is 0 Å². The molecule has 0 unspecified atom stereocenters. The number of amides is 1. The summed E-state index contributed by atoms with van der Waals surface area (Å²) in [6.45, 7) is 1.81. The first kappa shape index (κ1) is 21.7. The molecular formula is C20H23BrFN3O3S. The molecule has 1 fully saturated rings. The number of carbonyl (C=O) groups is 1. The highest BCUT2D eigenvalue weighted by atomic mass is 79.9. The van der Waals surface area contributed by atoms with E-state index >= 15 is 0 Å². The lowest BCUT2D eigenvalue weighted by Gasteiger charge is -2.35. The number of benzene rings is 2. The van der Waals surface area contributed by atoms with E-state index in [0.717, 1.165) is 4.47 Å². The van der Waals surface area contributed by atoms with Crippen molar-refractivity contribution in [3.05, 3.63) is 64.4 Å². The molecular weight excluding hydrogens is 461 g/mol. The number of sulfonamides is 1. The molecule has 1 aliphatic rings. The largest absolute Gasteiger partial charge is 0.367 e. The van der Waals surface area contributed by atoms with Crippen LogP contribution in [0.3, 0.4) is 0 Å². The van der Waals surface area contributed by atoms with Crippen LogP contribution in [0.2, 0.25) is 0 Å². The summed E-state index contributed by atoms with van der Waals surface area (Å²) in [7, 11) is -3.41. The number of nitrogens with one attached hydrogen (secondary N) is 1. The third-order valence-electron chi connectivity index (χ3n) is 4.80. The van der Waals surface area contributed by atoms with Crippen LogP contribution in [0.25, 0.3) is 0 Å². The number of carbonyl (C=O) groups excluding carboxylic acids is 1. The first-order valence-corrected chi connectivity index (χ1v) is 11.8. The molecule has 0 saturated carbocycles. The van der Waals surface area contributed by atoms with Gasteiger partial charge in [-0.3, -0.25) is 4.79 Å². The topological polar surface area (TPSA) is 69.7 Å². The number of hydrogen-bond donors (Lipinski definition) is 1. The monoisotopic (exact) mass is 483 g/mol. The Labute approximate surface area is 178 Å². The zero-order chi connectivity index (χ0) is 20.9. The van der Waals surface area contributed by atoms with Crippen LogP contribution in [0.15, 0.2) is 53.0 Å². The van der Waals surface area contributed by atoms with Gasteiger partial charge in [-0.05, 0) is 42.8 Å². The zero-order valence-corrected chi connectivity index (χ0v) is 18.3. The van der Waals surface area contributed by atoms with Crippen molar-refractivity contribution in [3.63, 3.8) is 0 Å². The summed E-state index contributed by atoms with van der Waals surface area (Å²) in [5, 5.41) is 2.74. The SMILES string of the molecule is O=C(NCCCS(=O)(=O)N1CCN(c2ccccc2F)CC1)c1ccc(Br)cc1. The van der Waals surface area contributed by atoms with E-state index in [-0.39, 0.29) is 24.0 Å². The summed E-state index contributed by atoms with van der Waals surface area (Å²) >= 11 is 3.31. The van der Waals surface area contributed by atoms with Crippen molar-refractivity contribution in [2.45, 2.75) is 6.42 Å². The van der Waals surface area contributed by atoms with Crippen LogP contribution >= 0.6 is 15.9 Å². The fourth-order valence-electron chi connectivity index (χ4n) is 3.20. The van der Waals surface area contributed by atoms with Crippen molar-refractivity contribution in [2.24, 2.45) is 0 Å². The first-order chi connectivity index (χ1) is 13.9. The van der Waals surface area contributed by atoms with Crippen LogP contribution in [0.4, 0.5) is 10.1 Å². The number of halogens is 2. The van der Waals surface area contributed by atoms with E-state index in [9.17, 15) is 17.6 Å². The predicted octanol–water partition coefficient (Wildman–Crippen LogP) is 2.86. The number of rotatable bonds is 7. The summed E-state index contributed by atoms with van der Waals surface area (Å²) in [6.07, 6.45) is 0.331. The summed E-state index contributed by atoms with van der Waals surface area (Å²) < 4.78 is 41.4. The van der Waals surface area contributed by atoms with Gasteiger partial charge >= 0.3 is 0 Å². The molecule has 1 aliphatic heterocycles. The first-order valence-electron chi connectivity index (χ1n) is 9.38. The molecule has 9 heteroatoms. The van der Waals surface area contributed by atoms with E-state index in [1.165, 1.54) is 10.4 Å². The van der Waals surface area contributed by atoms with Gasteiger partial charge in [0.05, 0.1) is 11.4 Å². The van der Waals surface area contributed by atoms with Gasteiger partial charge in [-0.25, -0.2) is 12.8 Å². The molecule has 2 aromatic rings. The quantitative estimate of drug-likeness (QED) is 0.614. The summed E-state index contributed by atoms with van der Waals surface area (Å²) in [5.74, 6) is -0.563. The molecule has 0 bridgehead atoms. The van der Waals surface area contributed by atoms with E-state index < -0.39 is 10.0 Å². The van der Waals surface area contributed by atoms with E-state index in [2.05, 4.69) is 21.2 Å². The Kier molecular flexibility index (Phi) is 7.26. The van der Waals surface area contributed by atoms with Gasteiger partial charge in [0.1, 0.15) is 5.82 Å². The standard InChI is InChI=1S/C20H23BrFN3O3S/c21-17-8-6-16(7-9-17)20(26)23-10-3-15-29(27,28)25-13-11-24(12-14-25)19-5-2-1-4-18(19)22/h1-2,4-9H,3,10-15H2,(H,23,26). The molecule has 1 saturated heterocycles. The summed E-state index contributed by atoms with van der Waals surface area (Å²) in [5.41, 5.74) is 1.03. The minimum absolute atomic E-state index is 0.0344. The average Bonchev–Trinajstić information content (AvgIpc) is 2.72. The molecule has 0 atom stereocenters. The lowest BCUT2D eigenvalue weighted by molar-refractivity contribution is 0.0953. The molecule has 3 rings (SSSR count). The molecule has 156 valence electrons. The van der Waals surface area contributed by atoms with E-state index in [1.807, 2.05) is 4.90 Å². The number of anilines is 1. The molecule has 0 aromatic heterocycles. The third kappa shape index (κ3) is 5.77. The number of nitrogens with zero attached hydrogens (tertiary/aromatic N) is 2. The van der Waals surface area contributed by atoms with Crippen LogP contribution in [0, 0.1) is 5.82 Å². The molecule has 29 heavy (non-hydrogen) atoms. The van der Waals surface area contributed by atoms with Crippen LogP contribution < -0.4 is 10.2 Å². The Morgan fingerprint density at radius 3 is 2.34 bits per heavy atom. The van der Waals surface area contributed by atoms with Crippen molar-refractivity contribution < 1.29 is 17.6 Å². The summed E-state index contributed by atoms with van der Waals surface area (Å²) in [4.78, 5) is 13.9. The van der Waals surface area contributed by atoms with Crippen molar-refractivity contribution in [1.82, 2.24) is 9.62 Å². The van der Waals surface area contributed by atoms with Gasteiger partial charge in [0.15, 0.2) is 0 Å². The third-order valence-corrected chi connectivity index (χ3v) is 7.28. The lowest BCUT2D eigenvalue weighted by Crippen LogP contribution is -2.49. The average molecular weight is 484 g/mol. The van der Waals surface area contributed by atoms with Crippen LogP contribution in [-0.4, -0.2) is 57.1 Å². The van der Waals surface area contributed by atoms with Crippen molar-refractivity contribution >= 4 is 37.5 Å². The second-order valence-electron chi connectivity index (χ2n) is 6.77. The highest BCUT2D eigenvalue weighted by molar-refractivity contribution is 9.10. The molecule has 1 heterocycles. The van der Waals surface area contributed by atoms with Gasteiger partial charge in [0.2, 0.25) is 10.0 Å². The van der Waals surface area contributed by atoms with E-state index in [1.54, 1.807) is 42.5 Å². The zero-order valence-electron chi connectivity index (χ0n) is 15.9. The van der Waals surface area contributed by atoms with Gasteiger partial charge in [0.25, 0.3) is 5.91 Å². The van der Waals surface area contributed by atoms with Crippen LogP contribution in [0.5, 0.6) is 0 Å². The summed E-state index contributed by atoms with van der Waals surface area (Å²) in [6, 6.07) is 13.5. The van der Waals surface area contributed by atoms with Gasteiger partial charge in [0, 0.05) is 42.8 Å². The molecule has 0 radical (unpaired) electrons. The van der Waals surface area contributed by atoms with Crippen molar-refractivity contribution in [3.8, 4) is 0 Å². The fourth-order valence-corrected chi connectivity index (χ4v) is 4.96. The molecule has 6 nitrogen and oxygen atoms in total. The minimum atomic E-state index is -3.41. The maximum atomic E-state index is 13.9. The van der Waals surface area contributed by atoms with Crippen LogP contribution in [0.1, 0.15) is 16.8 Å². The molecule has 0 spiro atoms. The fraction of sp³-hybridized carbons (Fsp3) is 0.350. The van der Waals surface area contributed by atoms with E-state index in [0.29, 0.717) is 43.9 Å². The van der Waals surface area contributed by atoms with E-state index in [4.69, 9.17) is 0 Å². The molecule has 1 N–H and O–H groups in total. The number of piperazine rings is 1. The maximum Gasteiger partial charge on any atom is 0.251 e. The minimum Gasteiger partial charge on any atom is -0.367 e. The Hall–Kier alpha value is -1.97. The predicted molar refractivity (Wildman–Crippen MR) is 115 cm³/mol. The number of para-hydroxylation sites is 1. The second-order valence-corrected chi connectivity index (χ2v) is 9.77. The highest BCUT2D eigenvalue weighted by Gasteiger charge is 2.27. The Bertz CT molecular complexity index is 946. The molecule has 0 aliphatic carbocycles. The van der Waals surface area contributed by atoms with Gasteiger partial charge in [-0.1, -0.05) is 28.1 Å². The smallest absolute Gasteiger partial charge is 0.251 e. The van der Waals surface area contributed by atoms with Gasteiger partial charge < -0.3 is 10.2 Å². The van der Waals surface area contributed by atoms with Crippen molar-refractivity contribution in [2.75, 3.05) is 43.4 Å². The van der Waals surface area contributed by atoms with Gasteiger partial charge in [-0.15, -0.1) is 0 Å². The highest BCUT2D eigenvalue weighted by Crippen LogP contribution is 2.21. The molecule has 2 aromatic carbocycles. The Morgan fingerprint density at radius 1 is 1.03 bits per heavy atom. The second kappa shape index (κ2) is 9.69. The Balaban J connectivity index is 1.44. The maximum absolute atomic E-state index is 13.9. The lowest BCUT2D eigenvalue weighted by atomic mass is 10.2. The number of hydrogen-bond acceptors (Lipinski definition) is 4. The van der Waals surface area contributed by atoms with Gasteiger partial charge in [-0.2, -0.15) is 4.31 Å². The van der Waals surface area contributed by atoms with Crippen LogP contribution in [-0.2, 0) is 10.0 Å². The molecule has 1 amide bonds.